The molecule has 0 fully saturated rings. The second kappa shape index (κ2) is 6.87. The summed E-state index contributed by atoms with van der Waals surface area (Å²) in [7, 11) is 0. The number of carbonyl (C=O) groups is 2. The van der Waals surface area contributed by atoms with Crippen LogP contribution in [0.15, 0.2) is 65.8 Å². The Morgan fingerprint density at radius 1 is 1.00 bits per heavy atom. The highest BCUT2D eigenvalue weighted by atomic mass is 16.5. The summed E-state index contributed by atoms with van der Waals surface area (Å²) in [5.41, 5.74) is 2.30. The van der Waals surface area contributed by atoms with E-state index in [-0.39, 0.29) is 12.5 Å². The predicted octanol–water partition coefficient (Wildman–Crippen LogP) is 2.48. The molecule has 0 spiro atoms. The van der Waals surface area contributed by atoms with Crippen molar-refractivity contribution >= 4 is 17.6 Å². The molecule has 0 unspecified atom stereocenters. The molecule has 0 aromatic heterocycles. The number of esters is 1. The van der Waals surface area contributed by atoms with E-state index >= 15 is 0 Å². The number of benzene rings is 2. The molecule has 1 heterocycles. The number of ether oxygens (including phenoxy) is 1. The van der Waals surface area contributed by atoms with E-state index < -0.39 is 5.97 Å². The average molecular weight is 308 g/mol. The highest BCUT2D eigenvalue weighted by molar-refractivity contribution is 6.02. The molecule has 0 atom stereocenters. The van der Waals surface area contributed by atoms with Gasteiger partial charge in [-0.05, 0) is 17.7 Å². The summed E-state index contributed by atoms with van der Waals surface area (Å²) < 4.78 is 5.04. The number of hydrogen-bond donors (Lipinski definition) is 0. The fourth-order valence-corrected chi connectivity index (χ4v) is 2.33. The number of hydrogen-bond acceptors (Lipinski definition) is 4. The van der Waals surface area contributed by atoms with E-state index in [2.05, 4.69) is 5.10 Å². The van der Waals surface area contributed by atoms with E-state index in [1.54, 1.807) is 24.3 Å². The van der Waals surface area contributed by atoms with Crippen molar-refractivity contribution in [1.82, 2.24) is 5.01 Å². The topological polar surface area (TPSA) is 59.0 Å². The quantitative estimate of drug-likeness (QED) is 0.815. The van der Waals surface area contributed by atoms with E-state index in [9.17, 15) is 9.59 Å². The fourth-order valence-electron chi connectivity index (χ4n) is 2.33. The SMILES string of the molecule is O=C(OCC(=O)N1CCC(c2ccccc2)=N1)c1ccccc1. The molecule has 23 heavy (non-hydrogen) atoms. The summed E-state index contributed by atoms with van der Waals surface area (Å²) in [6, 6.07) is 18.3. The van der Waals surface area contributed by atoms with Crippen LogP contribution in [0.25, 0.3) is 0 Å². The lowest BCUT2D eigenvalue weighted by Crippen LogP contribution is -2.28. The van der Waals surface area contributed by atoms with E-state index in [0.717, 1.165) is 11.3 Å². The van der Waals surface area contributed by atoms with Crippen LogP contribution < -0.4 is 0 Å². The monoisotopic (exact) mass is 308 g/mol. The molecule has 5 nitrogen and oxygen atoms in total. The lowest BCUT2D eigenvalue weighted by atomic mass is 10.1. The van der Waals surface area contributed by atoms with E-state index in [1.165, 1.54) is 5.01 Å². The first kappa shape index (κ1) is 15.0. The van der Waals surface area contributed by atoms with Gasteiger partial charge in [0, 0.05) is 6.42 Å². The fraction of sp³-hybridized carbons (Fsp3) is 0.167. The lowest BCUT2D eigenvalue weighted by Gasteiger charge is -2.11. The standard InChI is InChI=1S/C18H16N2O3/c21-17(13-23-18(22)15-9-5-2-6-10-15)20-12-11-16(19-20)14-7-3-1-4-8-14/h1-10H,11-13H2. The number of amides is 1. The molecule has 0 radical (unpaired) electrons. The van der Waals surface area contributed by atoms with Crippen LogP contribution in [0.5, 0.6) is 0 Å². The summed E-state index contributed by atoms with van der Waals surface area (Å²) in [4.78, 5) is 23.9. The Labute approximate surface area is 134 Å². The third kappa shape index (κ3) is 3.63. The van der Waals surface area contributed by atoms with Crippen LogP contribution in [0.2, 0.25) is 0 Å². The maximum atomic E-state index is 12.1. The van der Waals surface area contributed by atoms with E-state index in [4.69, 9.17) is 4.74 Å². The van der Waals surface area contributed by atoms with Crippen LogP contribution >= 0.6 is 0 Å². The summed E-state index contributed by atoms with van der Waals surface area (Å²) in [6.07, 6.45) is 0.697. The van der Waals surface area contributed by atoms with Gasteiger partial charge in [0.15, 0.2) is 6.61 Å². The van der Waals surface area contributed by atoms with E-state index in [1.807, 2.05) is 36.4 Å². The highest BCUT2D eigenvalue weighted by Gasteiger charge is 2.22. The second-order valence-corrected chi connectivity index (χ2v) is 5.12. The van der Waals surface area contributed by atoms with Crippen LogP contribution in [0.4, 0.5) is 0 Å². The minimum atomic E-state index is -0.509. The van der Waals surface area contributed by atoms with Gasteiger partial charge in [-0.3, -0.25) is 4.79 Å². The van der Waals surface area contributed by atoms with Gasteiger partial charge in [-0.15, -0.1) is 0 Å². The zero-order chi connectivity index (χ0) is 16.1. The Morgan fingerprint density at radius 3 is 2.35 bits per heavy atom. The van der Waals surface area contributed by atoms with Crippen molar-refractivity contribution in [3.05, 3.63) is 71.8 Å². The number of carbonyl (C=O) groups excluding carboxylic acids is 2. The zero-order valence-electron chi connectivity index (χ0n) is 12.5. The molecule has 0 aliphatic carbocycles. The Kier molecular flexibility index (Phi) is 4.47. The summed E-state index contributed by atoms with van der Waals surface area (Å²) in [5, 5.41) is 5.68. The first-order valence-corrected chi connectivity index (χ1v) is 7.39. The van der Waals surface area contributed by atoms with Gasteiger partial charge in [0.1, 0.15) is 0 Å². The zero-order valence-corrected chi connectivity index (χ0v) is 12.5. The second-order valence-electron chi connectivity index (χ2n) is 5.12. The molecule has 2 aromatic carbocycles. The minimum Gasteiger partial charge on any atom is -0.452 e. The van der Waals surface area contributed by atoms with Gasteiger partial charge in [0.05, 0.1) is 17.8 Å². The molecule has 1 aliphatic rings. The Balaban J connectivity index is 1.57. The smallest absolute Gasteiger partial charge is 0.338 e. The molecular formula is C18H16N2O3. The van der Waals surface area contributed by atoms with Crippen LogP contribution in [0.3, 0.4) is 0 Å². The molecule has 116 valence electrons. The molecule has 1 amide bonds. The normalized spacial score (nSPS) is 13.6. The van der Waals surface area contributed by atoms with Crippen LogP contribution in [-0.2, 0) is 9.53 Å². The molecule has 5 heteroatoms. The summed E-state index contributed by atoms with van der Waals surface area (Å²) in [6.45, 7) is 0.200. The molecule has 0 bridgehead atoms. The van der Waals surface area contributed by atoms with Crippen molar-refractivity contribution in [3.63, 3.8) is 0 Å². The van der Waals surface area contributed by atoms with Crippen LogP contribution in [0.1, 0.15) is 22.3 Å². The van der Waals surface area contributed by atoms with E-state index in [0.29, 0.717) is 18.5 Å². The predicted molar refractivity (Wildman–Crippen MR) is 86.0 cm³/mol. The van der Waals surface area contributed by atoms with Gasteiger partial charge in [0.25, 0.3) is 5.91 Å². The van der Waals surface area contributed by atoms with Crippen molar-refractivity contribution in [2.45, 2.75) is 6.42 Å². The van der Waals surface area contributed by atoms with Gasteiger partial charge < -0.3 is 4.74 Å². The van der Waals surface area contributed by atoms with Crippen molar-refractivity contribution in [2.75, 3.05) is 13.2 Å². The first-order valence-electron chi connectivity index (χ1n) is 7.39. The third-order valence-electron chi connectivity index (χ3n) is 3.53. The number of nitrogens with zero attached hydrogens (tertiary/aromatic N) is 2. The van der Waals surface area contributed by atoms with Crippen molar-refractivity contribution in [1.29, 1.82) is 0 Å². The van der Waals surface area contributed by atoms with Gasteiger partial charge >= 0.3 is 5.97 Å². The first-order chi connectivity index (χ1) is 11.2. The molecule has 0 N–H and O–H groups in total. The Hall–Kier alpha value is -2.95. The largest absolute Gasteiger partial charge is 0.452 e. The number of hydrazone groups is 1. The maximum absolute atomic E-state index is 12.1. The van der Waals surface area contributed by atoms with Gasteiger partial charge in [-0.2, -0.15) is 5.10 Å². The van der Waals surface area contributed by atoms with Gasteiger partial charge in [0.2, 0.25) is 0 Å². The molecule has 3 rings (SSSR count). The molecular weight excluding hydrogens is 292 g/mol. The Morgan fingerprint density at radius 2 is 1.65 bits per heavy atom. The Bertz CT molecular complexity index is 726. The van der Waals surface area contributed by atoms with Crippen molar-refractivity contribution in [3.8, 4) is 0 Å². The molecule has 0 saturated carbocycles. The van der Waals surface area contributed by atoms with Crippen LogP contribution in [-0.4, -0.2) is 35.7 Å². The highest BCUT2D eigenvalue weighted by Crippen LogP contribution is 2.14. The average Bonchev–Trinajstić information content (AvgIpc) is 3.11. The minimum absolute atomic E-state index is 0.306. The van der Waals surface area contributed by atoms with Gasteiger partial charge in [-0.1, -0.05) is 48.5 Å². The molecule has 1 aliphatic heterocycles. The summed E-state index contributed by atoms with van der Waals surface area (Å²) in [5.74, 6) is -0.828. The van der Waals surface area contributed by atoms with Crippen molar-refractivity contribution < 1.29 is 14.3 Å². The maximum Gasteiger partial charge on any atom is 0.338 e. The molecule has 2 aromatic rings. The van der Waals surface area contributed by atoms with Gasteiger partial charge in [-0.25, -0.2) is 9.80 Å². The summed E-state index contributed by atoms with van der Waals surface area (Å²) >= 11 is 0. The number of rotatable bonds is 4. The third-order valence-corrected chi connectivity index (χ3v) is 3.53. The molecule has 0 saturated heterocycles. The van der Waals surface area contributed by atoms with Crippen molar-refractivity contribution in [2.24, 2.45) is 5.10 Å². The lowest BCUT2D eigenvalue weighted by molar-refractivity contribution is -0.134. The van der Waals surface area contributed by atoms with Crippen LogP contribution in [0, 0.1) is 0 Å².